The van der Waals surface area contributed by atoms with Crippen molar-refractivity contribution in [3.05, 3.63) is 40.6 Å². The molecule has 6 heteroatoms. The number of aliphatic hydroxyl groups excluding tert-OH is 1. The van der Waals surface area contributed by atoms with Crippen LogP contribution in [0.4, 0.5) is 11.4 Å². The average Bonchev–Trinajstić information content (AvgIpc) is 2.83. The van der Waals surface area contributed by atoms with Crippen LogP contribution < -0.4 is 4.90 Å². The van der Waals surface area contributed by atoms with Gasteiger partial charge >= 0.3 is 0 Å². The number of nitrogens with zero attached hydrogens (tertiary/aromatic N) is 3. The Kier molecular flexibility index (Phi) is 2.79. The van der Waals surface area contributed by atoms with E-state index in [1.54, 1.807) is 18.3 Å². The topological polar surface area (TPSA) is 79.5 Å². The third kappa shape index (κ3) is 2.00. The third-order valence-corrected chi connectivity index (χ3v) is 3.43. The summed E-state index contributed by atoms with van der Waals surface area (Å²) in [6, 6.07) is 6.81. The first kappa shape index (κ1) is 11.9. The van der Waals surface area contributed by atoms with Crippen molar-refractivity contribution in [3.63, 3.8) is 0 Å². The molecular formula is C13H13N3O3. The van der Waals surface area contributed by atoms with Crippen LogP contribution in [0, 0.1) is 10.1 Å². The maximum Gasteiger partial charge on any atom is 0.295 e. The van der Waals surface area contributed by atoms with E-state index in [1.807, 2.05) is 11.0 Å². The van der Waals surface area contributed by atoms with Gasteiger partial charge in [0.05, 0.1) is 11.0 Å². The molecule has 0 spiro atoms. The number of nitro benzene ring substituents is 1. The Hall–Kier alpha value is -2.21. The molecule has 0 radical (unpaired) electrons. The lowest BCUT2D eigenvalue weighted by atomic mass is 10.1. The van der Waals surface area contributed by atoms with Gasteiger partial charge in [0.15, 0.2) is 0 Å². The monoisotopic (exact) mass is 259 g/mol. The van der Waals surface area contributed by atoms with Gasteiger partial charge in [-0.05, 0) is 24.6 Å². The molecule has 0 saturated carbocycles. The van der Waals surface area contributed by atoms with E-state index in [-0.39, 0.29) is 11.8 Å². The molecule has 98 valence electrons. The number of anilines is 1. The average molecular weight is 259 g/mol. The van der Waals surface area contributed by atoms with Gasteiger partial charge < -0.3 is 10.0 Å². The molecule has 1 saturated heterocycles. The lowest BCUT2D eigenvalue weighted by molar-refractivity contribution is -0.383. The van der Waals surface area contributed by atoms with Gasteiger partial charge in [0.1, 0.15) is 5.52 Å². The highest BCUT2D eigenvalue weighted by molar-refractivity contribution is 5.97. The van der Waals surface area contributed by atoms with E-state index >= 15 is 0 Å². The van der Waals surface area contributed by atoms with Crippen LogP contribution in [0.5, 0.6) is 0 Å². The zero-order chi connectivity index (χ0) is 13.4. The van der Waals surface area contributed by atoms with Gasteiger partial charge in [-0.15, -0.1) is 0 Å². The molecule has 0 bridgehead atoms. The quantitative estimate of drug-likeness (QED) is 0.656. The van der Waals surface area contributed by atoms with Gasteiger partial charge in [-0.25, -0.2) is 4.98 Å². The third-order valence-electron chi connectivity index (χ3n) is 3.43. The largest absolute Gasteiger partial charge is 0.391 e. The SMILES string of the molecule is O=[N+]([O-])c1ccc(N2CC[C@@H](O)C2)c2cccnc12. The molecule has 1 atom stereocenters. The first-order valence-electron chi connectivity index (χ1n) is 6.12. The minimum Gasteiger partial charge on any atom is -0.391 e. The first-order valence-corrected chi connectivity index (χ1v) is 6.12. The van der Waals surface area contributed by atoms with E-state index < -0.39 is 4.92 Å². The Balaban J connectivity index is 2.17. The minimum absolute atomic E-state index is 0.0131. The van der Waals surface area contributed by atoms with Gasteiger partial charge in [-0.3, -0.25) is 10.1 Å². The lowest BCUT2D eigenvalue weighted by Crippen LogP contribution is -2.21. The fourth-order valence-corrected chi connectivity index (χ4v) is 2.53. The van der Waals surface area contributed by atoms with Crippen molar-refractivity contribution < 1.29 is 10.0 Å². The number of fused-ring (bicyclic) bond motifs is 1. The summed E-state index contributed by atoms with van der Waals surface area (Å²) in [7, 11) is 0. The van der Waals surface area contributed by atoms with Crippen molar-refractivity contribution in [2.45, 2.75) is 12.5 Å². The Bertz CT molecular complexity index is 644. The maximum atomic E-state index is 11.0. The molecule has 0 aliphatic carbocycles. The molecule has 2 heterocycles. The zero-order valence-electron chi connectivity index (χ0n) is 10.2. The van der Waals surface area contributed by atoms with Gasteiger partial charge in [0, 0.05) is 36.4 Å². The number of aromatic nitrogens is 1. The highest BCUT2D eigenvalue weighted by atomic mass is 16.6. The lowest BCUT2D eigenvalue weighted by Gasteiger charge is -2.19. The van der Waals surface area contributed by atoms with Crippen molar-refractivity contribution in [2.24, 2.45) is 0 Å². The Labute approximate surface area is 109 Å². The molecule has 1 N–H and O–H groups in total. The van der Waals surface area contributed by atoms with Crippen molar-refractivity contribution in [1.82, 2.24) is 4.98 Å². The van der Waals surface area contributed by atoms with Gasteiger partial charge in [0.25, 0.3) is 5.69 Å². The van der Waals surface area contributed by atoms with Crippen LogP contribution >= 0.6 is 0 Å². The molecule has 1 aromatic heterocycles. The Morgan fingerprint density at radius 1 is 1.42 bits per heavy atom. The van der Waals surface area contributed by atoms with Crippen molar-refractivity contribution >= 4 is 22.3 Å². The molecule has 1 fully saturated rings. The molecule has 6 nitrogen and oxygen atoms in total. The summed E-state index contributed by atoms with van der Waals surface area (Å²) in [5.74, 6) is 0. The van der Waals surface area contributed by atoms with Crippen LogP contribution in [0.3, 0.4) is 0 Å². The number of non-ortho nitro benzene ring substituents is 1. The highest BCUT2D eigenvalue weighted by Gasteiger charge is 2.24. The summed E-state index contributed by atoms with van der Waals surface area (Å²) < 4.78 is 0. The van der Waals surface area contributed by atoms with Gasteiger partial charge in [-0.1, -0.05) is 0 Å². The normalized spacial score (nSPS) is 19.0. The fraction of sp³-hybridized carbons (Fsp3) is 0.308. The summed E-state index contributed by atoms with van der Waals surface area (Å²) in [5, 5.41) is 21.4. The predicted octanol–water partition coefficient (Wildman–Crippen LogP) is 1.71. The molecule has 3 rings (SSSR count). The molecule has 1 aliphatic heterocycles. The van der Waals surface area contributed by atoms with Crippen LogP contribution in [0.15, 0.2) is 30.5 Å². The second kappa shape index (κ2) is 4.47. The molecule has 1 aliphatic rings. The van der Waals surface area contributed by atoms with Crippen LogP contribution in [0.2, 0.25) is 0 Å². The molecule has 2 aromatic rings. The van der Waals surface area contributed by atoms with E-state index in [9.17, 15) is 15.2 Å². The van der Waals surface area contributed by atoms with Crippen LogP contribution in [-0.4, -0.2) is 34.2 Å². The summed E-state index contributed by atoms with van der Waals surface area (Å²) >= 11 is 0. The Morgan fingerprint density at radius 2 is 2.26 bits per heavy atom. The summed E-state index contributed by atoms with van der Waals surface area (Å²) in [4.78, 5) is 16.8. The van der Waals surface area contributed by atoms with Crippen molar-refractivity contribution in [2.75, 3.05) is 18.0 Å². The van der Waals surface area contributed by atoms with Gasteiger partial charge in [0.2, 0.25) is 0 Å². The second-order valence-electron chi connectivity index (χ2n) is 4.65. The van der Waals surface area contributed by atoms with E-state index in [2.05, 4.69) is 4.98 Å². The number of hydrogen-bond acceptors (Lipinski definition) is 5. The smallest absolute Gasteiger partial charge is 0.295 e. The number of pyridine rings is 1. The molecule has 0 amide bonds. The number of nitro groups is 1. The minimum atomic E-state index is -0.419. The summed E-state index contributed by atoms with van der Waals surface area (Å²) in [6.07, 6.45) is 1.94. The molecule has 0 unspecified atom stereocenters. The predicted molar refractivity (Wildman–Crippen MR) is 71.2 cm³/mol. The number of hydrogen-bond donors (Lipinski definition) is 1. The number of β-amino-alcohol motifs (C(OH)–C–C–N with tert-alkyl or cyclic N) is 1. The standard InChI is InChI=1S/C13H13N3O3/c17-9-5-7-15(8-9)11-3-4-12(16(18)19)13-10(11)2-1-6-14-13/h1-4,6,9,17H,5,7-8H2/t9-/m1/s1. The number of rotatable bonds is 2. The maximum absolute atomic E-state index is 11.0. The van der Waals surface area contributed by atoms with Crippen LogP contribution in [0.25, 0.3) is 10.9 Å². The zero-order valence-corrected chi connectivity index (χ0v) is 10.2. The number of benzene rings is 1. The molecule has 1 aromatic carbocycles. The Morgan fingerprint density at radius 3 is 2.95 bits per heavy atom. The summed E-state index contributed by atoms with van der Waals surface area (Å²) in [5.41, 5.74) is 1.30. The van der Waals surface area contributed by atoms with Crippen LogP contribution in [0.1, 0.15) is 6.42 Å². The van der Waals surface area contributed by atoms with E-state index in [0.717, 1.165) is 24.0 Å². The van der Waals surface area contributed by atoms with Crippen molar-refractivity contribution in [1.29, 1.82) is 0 Å². The molecular weight excluding hydrogens is 246 g/mol. The summed E-state index contributed by atoms with van der Waals surface area (Å²) in [6.45, 7) is 1.31. The molecule has 19 heavy (non-hydrogen) atoms. The fourth-order valence-electron chi connectivity index (χ4n) is 2.53. The number of aliphatic hydroxyl groups is 1. The van der Waals surface area contributed by atoms with E-state index in [0.29, 0.717) is 12.1 Å². The van der Waals surface area contributed by atoms with Gasteiger partial charge in [-0.2, -0.15) is 0 Å². The van der Waals surface area contributed by atoms with E-state index in [4.69, 9.17) is 0 Å². The first-order chi connectivity index (χ1) is 9.16. The van der Waals surface area contributed by atoms with Crippen molar-refractivity contribution in [3.8, 4) is 0 Å². The van der Waals surface area contributed by atoms with E-state index in [1.165, 1.54) is 6.07 Å². The highest BCUT2D eigenvalue weighted by Crippen LogP contribution is 2.33. The van der Waals surface area contributed by atoms with Crippen LogP contribution in [-0.2, 0) is 0 Å². The second-order valence-corrected chi connectivity index (χ2v) is 4.65.